The van der Waals surface area contributed by atoms with Gasteiger partial charge in [0.05, 0.1) is 6.54 Å². The molecular formula is C21H28N4O. The quantitative estimate of drug-likeness (QED) is 0.567. The van der Waals surface area contributed by atoms with E-state index in [0.717, 1.165) is 24.6 Å². The van der Waals surface area contributed by atoms with Crippen molar-refractivity contribution in [2.24, 2.45) is 4.99 Å². The molecule has 0 bridgehead atoms. The van der Waals surface area contributed by atoms with Crippen molar-refractivity contribution in [2.75, 3.05) is 20.1 Å². The molecule has 0 saturated carbocycles. The average molecular weight is 352 g/mol. The molecule has 0 aliphatic carbocycles. The minimum absolute atomic E-state index is 0.0131. The molecule has 2 aromatic rings. The van der Waals surface area contributed by atoms with Gasteiger partial charge in [-0.1, -0.05) is 60.7 Å². The summed E-state index contributed by atoms with van der Waals surface area (Å²) >= 11 is 0. The van der Waals surface area contributed by atoms with Crippen LogP contribution in [-0.2, 0) is 17.9 Å². The van der Waals surface area contributed by atoms with Crippen LogP contribution in [0, 0.1) is 0 Å². The normalized spacial score (nSPS) is 11.1. The van der Waals surface area contributed by atoms with Crippen LogP contribution in [0.5, 0.6) is 0 Å². The minimum Gasteiger partial charge on any atom is -0.357 e. The molecule has 0 spiro atoms. The van der Waals surface area contributed by atoms with E-state index in [0.29, 0.717) is 19.5 Å². The van der Waals surface area contributed by atoms with Crippen molar-refractivity contribution in [3.8, 4) is 0 Å². The van der Waals surface area contributed by atoms with E-state index in [-0.39, 0.29) is 5.91 Å². The van der Waals surface area contributed by atoms with E-state index in [1.807, 2.05) is 62.5 Å². The van der Waals surface area contributed by atoms with Crippen molar-refractivity contribution in [3.05, 3.63) is 71.8 Å². The monoisotopic (exact) mass is 352 g/mol. The fourth-order valence-electron chi connectivity index (χ4n) is 2.55. The van der Waals surface area contributed by atoms with E-state index in [1.54, 1.807) is 0 Å². The maximum absolute atomic E-state index is 12.0. The third-order valence-corrected chi connectivity index (χ3v) is 3.89. The highest BCUT2D eigenvalue weighted by atomic mass is 16.1. The predicted octanol–water partition coefficient (Wildman–Crippen LogP) is 2.79. The summed E-state index contributed by atoms with van der Waals surface area (Å²) in [6.07, 6.45) is 0.376. The number of nitrogens with zero attached hydrogens (tertiary/aromatic N) is 2. The molecule has 0 aliphatic rings. The second-order valence-corrected chi connectivity index (χ2v) is 6.09. The maximum Gasteiger partial charge on any atom is 0.222 e. The highest BCUT2D eigenvalue weighted by molar-refractivity contribution is 5.80. The predicted molar refractivity (Wildman–Crippen MR) is 107 cm³/mol. The smallest absolute Gasteiger partial charge is 0.222 e. The molecular weight excluding hydrogens is 324 g/mol. The number of hydrogen-bond donors (Lipinski definition) is 2. The lowest BCUT2D eigenvalue weighted by molar-refractivity contribution is -0.121. The first-order valence-electron chi connectivity index (χ1n) is 9.03. The second-order valence-electron chi connectivity index (χ2n) is 6.09. The lowest BCUT2D eigenvalue weighted by Gasteiger charge is -2.22. The molecule has 26 heavy (non-hydrogen) atoms. The third-order valence-electron chi connectivity index (χ3n) is 3.89. The average Bonchev–Trinajstić information content (AvgIpc) is 2.67. The van der Waals surface area contributed by atoms with Crippen LogP contribution in [0.4, 0.5) is 0 Å². The van der Waals surface area contributed by atoms with Gasteiger partial charge in [0.1, 0.15) is 0 Å². The Kier molecular flexibility index (Phi) is 8.19. The van der Waals surface area contributed by atoms with Crippen LogP contribution in [0.1, 0.15) is 24.5 Å². The molecule has 0 aromatic heterocycles. The van der Waals surface area contributed by atoms with Crippen LogP contribution < -0.4 is 10.6 Å². The van der Waals surface area contributed by atoms with E-state index < -0.39 is 0 Å². The Hall–Kier alpha value is -2.82. The van der Waals surface area contributed by atoms with Crippen LogP contribution in [0.3, 0.4) is 0 Å². The lowest BCUT2D eigenvalue weighted by Crippen LogP contribution is -2.38. The van der Waals surface area contributed by atoms with Crippen LogP contribution in [-0.4, -0.2) is 36.9 Å². The minimum atomic E-state index is 0.0131. The number of benzene rings is 2. The molecule has 5 nitrogen and oxygen atoms in total. The van der Waals surface area contributed by atoms with Gasteiger partial charge >= 0.3 is 0 Å². The van der Waals surface area contributed by atoms with Gasteiger partial charge in [0.25, 0.3) is 0 Å². The van der Waals surface area contributed by atoms with Gasteiger partial charge in [-0.3, -0.25) is 9.79 Å². The Balaban J connectivity index is 1.81. The molecule has 0 heterocycles. The molecule has 2 aromatic carbocycles. The molecule has 0 saturated heterocycles. The number of rotatable bonds is 8. The van der Waals surface area contributed by atoms with Gasteiger partial charge in [-0.05, 0) is 18.1 Å². The van der Waals surface area contributed by atoms with Gasteiger partial charge < -0.3 is 15.5 Å². The second kappa shape index (κ2) is 10.9. The van der Waals surface area contributed by atoms with Crippen LogP contribution in [0.25, 0.3) is 0 Å². The molecule has 0 unspecified atom stereocenters. The Morgan fingerprint density at radius 1 is 0.962 bits per heavy atom. The Morgan fingerprint density at radius 2 is 1.58 bits per heavy atom. The molecule has 0 aliphatic heterocycles. The van der Waals surface area contributed by atoms with E-state index in [9.17, 15) is 4.79 Å². The summed E-state index contributed by atoms with van der Waals surface area (Å²) in [5.41, 5.74) is 2.32. The van der Waals surface area contributed by atoms with Gasteiger partial charge in [0, 0.05) is 33.1 Å². The van der Waals surface area contributed by atoms with Gasteiger partial charge in [-0.2, -0.15) is 0 Å². The number of aliphatic imine (C=N–C) groups is 1. The number of guanidine groups is 1. The summed E-state index contributed by atoms with van der Waals surface area (Å²) in [6, 6.07) is 20.2. The fourth-order valence-corrected chi connectivity index (χ4v) is 2.55. The standard InChI is InChI=1S/C21H28N4O/c1-3-22-21(25(2)17-19-12-8-5-9-13-19)23-15-14-20(26)24-16-18-10-6-4-7-11-18/h4-13H,3,14-17H2,1-2H3,(H,22,23)(H,24,26). The summed E-state index contributed by atoms with van der Waals surface area (Å²) in [7, 11) is 2.00. The van der Waals surface area contributed by atoms with Gasteiger partial charge in [0.2, 0.25) is 5.91 Å². The van der Waals surface area contributed by atoms with Crippen LogP contribution in [0.2, 0.25) is 0 Å². The summed E-state index contributed by atoms with van der Waals surface area (Å²) < 4.78 is 0. The topological polar surface area (TPSA) is 56.7 Å². The zero-order valence-corrected chi connectivity index (χ0v) is 15.6. The number of carbonyl (C=O) groups is 1. The van der Waals surface area contributed by atoms with Crippen molar-refractivity contribution in [3.63, 3.8) is 0 Å². The molecule has 0 atom stereocenters. The van der Waals surface area contributed by atoms with E-state index in [2.05, 4.69) is 32.7 Å². The van der Waals surface area contributed by atoms with Crippen molar-refractivity contribution in [1.29, 1.82) is 0 Å². The third kappa shape index (κ3) is 6.97. The number of nitrogens with one attached hydrogen (secondary N) is 2. The number of hydrogen-bond acceptors (Lipinski definition) is 2. The van der Waals surface area contributed by atoms with Gasteiger partial charge in [0.15, 0.2) is 5.96 Å². The van der Waals surface area contributed by atoms with Crippen molar-refractivity contribution in [2.45, 2.75) is 26.4 Å². The van der Waals surface area contributed by atoms with Crippen molar-refractivity contribution < 1.29 is 4.79 Å². The number of amides is 1. The zero-order valence-electron chi connectivity index (χ0n) is 15.6. The molecule has 2 N–H and O–H groups in total. The van der Waals surface area contributed by atoms with Crippen LogP contribution in [0.15, 0.2) is 65.7 Å². The Bertz CT molecular complexity index is 686. The molecule has 0 radical (unpaired) electrons. The number of carbonyl (C=O) groups excluding carboxylic acids is 1. The van der Waals surface area contributed by atoms with E-state index in [4.69, 9.17) is 0 Å². The lowest BCUT2D eigenvalue weighted by atomic mass is 10.2. The van der Waals surface area contributed by atoms with Crippen LogP contribution >= 0.6 is 0 Å². The first-order valence-corrected chi connectivity index (χ1v) is 9.03. The van der Waals surface area contributed by atoms with Gasteiger partial charge in [-0.15, -0.1) is 0 Å². The molecule has 2 rings (SSSR count). The molecule has 138 valence electrons. The summed E-state index contributed by atoms with van der Waals surface area (Å²) in [5, 5.41) is 6.21. The Labute approximate surface area is 156 Å². The van der Waals surface area contributed by atoms with E-state index >= 15 is 0 Å². The SMILES string of the molecule is CCNC(=NCCC(=O)NCc1ccccc1)N(C)Cc1ccccc1. The van der Waals surface area contributed by atoms with Crippen molar-refractivity contribution in [1.82, 2.24) is 15.5 Å². The first kappa shape index (κ1) is 19.5. The first-order chi connectivity index (χ1) is 12.7. The molecule has 0 fully saturated rings. The largest absolute Gasteiger partial charge is 0.357 e. The van der Waals surface area contributed by atoms with Crippen molar-refractivity contribution >= 4 is 11.9 Å². The Morgan fingerprint density at radius 3 is 2.19 bits per heavy atom. The molecule has 5 heteroatoms. The highest BCUT2D eigenvalue weighted by Gasteiger charge is 2.07. The summed E-state index contributed by atoms with van der Waals surface area (Å²) in [5.74, 6) is 0.825. The van der Waals surface area contributed by atoms with E-state index in [1.165, 1.54) is 5.56 Å². The summed E-state index contributed by atoms with van der Waals surface area (Å²) in [6.45, 7) is 4.61. The molecule has 1 amide bonds. The highest BCUT2D eigenvalue weighted by Crippen LogP contribution is 2.03. The summed E-state index contributed by atoms with van der Waals surface area (Å²) in [4.78, 5) is 18.6. The zero-order chi connectivity index (χ0) is 18.6. The maximum atomic E-state index is 12.0. The fraction of sp³-hybridized carbons (Fsp3) is 0.333. The van der Waals surface area contributed by atoms with Gasteiger partial charge in [-0.25, -0.2) is 0 Å².